The first kappa shape index (κ1) is 16.2. The molecule has 0 bridgehead atoms. The highest BCUT2D eigenvalue weighted by molar-refractivity contribution is 7.99. The van der Waals surface area contributed by atoms with Gasteiger partial charge in [0.1, 0.15) is 11.1 Å². The summed E-state index contributed by atoms with van der Waals surface area (Å²) in [5.74, 6) is -0.0223. The zero-order chi connectivity index (χ0) is 17.3. The Labute approximate surface area is 144 Å². The van der Waals surface area contributed by atoms with Crippen molar-refractivity contribution in [2.45, 2.75) is 18.9 Å². The van der Waals surface area contributed by atoms with E-state index >= 15 is 0 Å². The van der Waals surface area contributed by atoms with Crippen LogP contribution in [0, 0.1) is 25.2 Å². The molecule has 0 saturated carbocycles. The number of nitriles is 1. The van der Waals surface area contributed by atoms with Gasteiger partial charge < -0.3 is 0 Å². The summed E-state index contributed by atoms with van der Waals surface area (Å²) >= 11 is 1.39. The molecule has 1 aliphatic heterocycles. The van der Waals surface area contributed by atoms with Crippen LogP contribution in [0.3, 0.4) is 0 Å². The normalized spacial score (nSPS) is 13.1. The third kappa shape index (κ3) is 2.79. The molecular weight excluding hydrogens is 322 g/mol. The van der Waals surface area contributed by atoms with Gasteiger partial charge in [0, 0.05) is 18.0 Å². The van der Waals surface area contributed by atoms with Gasteiger partial charge >= 0.3 is 0 Å². The second-order valence-electron chi connectivity index (χ2n) is 5.53. The third-order valence-electron chi connectivity index (χ3n) is 3.86. The molecule has 0 fully saturated rings. The molecule has 0 N–H and O–H groups in total. The van der Waals surface area contributed by atoms with Crippen LogP contribution in [0.15, 0.2) is 35.4 Å². The fourth-order valence-electron chi connectivity index (χ4n) is 2.72. The Kier molecular flexibility index (Phi) is 4.36. The maximum atomic E-state index is 12.3. The van der Waals surface area contributed by atoms with Gasteiger partial charge in [0.05, 0.1) is 16.7 Å². The summed E-state index contributed by atoms with van der Waals surface area (Å²) < 4.78 is 0. The minimum absolute atomic E-state index is 0.259. The quantitative estimate of drug-likeness (QED) is 0.633. The van der Waals surface area contributed by atoms with E-state index in [2.05, 4.69) is 11.1 Å². The topological polar surface area (TPSA) is 74.1 Å². The molecule has 0 spiro atoms. The minimum Gasteiger partial charge on any atom is -0.273 e. The van der Waals surface area contributed by atoms with Crippen molar-refractivity contribution in [3.63, 3.8) is 0 Å². The Balaban J connectivity index is 1.72. The molecule has 2 heterocycles. The van der Waals surface area contributed by atoms with Gasteiger partial charge in [-0.15, -0.1) is 11.8 Å². The Hall–Kier alpha value is -2.65. The van der Waals surface area contributed by atoms with E-state index in [4.69, 9.17) is 0 Å². The highest BCUT2D eigenvalue weighted by atomic mass is 32.2. The fourth-order valence-corrected chi connectivity index (χ4v) is 3.75. The van der Waals surface area contributed by atoms with Crippen molar-refractivity contribution in [3.05, 3.63) is 58.3 Å². The SMILES string of the molecule is Cc1cc(C)c(C#N)c(SCCN2C(=O)c3ccccc3C2=O)n1. The van der Waals surface area contributed by atoms with Crippen molar-refractivity contribution in [1.82, 2.24) is 9.88 Å². The first-order chi connectivity index (χ1) is 11.5. The van der Waals surface area contributed by atoms with Crippen molar-refractivity contribution < 1.29 is 9.59 Å². The molecule has 24 heavy (non-hydrogen) atoms. The van der Waals surface area contributed by atoms with E-state index in [0.29, 0.717) is 27.5 Å². The molecule has 0 saturated heterocycles. The third-order valence-corrected chi connectivity index (χ3v) is 4.81. The Morgan fingerprint density at radius 3 is 2.38 bits per heavy atom. The van der Waals surface area contributed by atoms with Crippen LogP contribution in [0.25, 0.3) is 0 Å². The molecule has 0 atom stereocenters. The molecule has 0 radical (unpaired) electrons. The molecule has 6 heteroatoms. The van der Waals surface area contributed by atoms with Crippen molar-refractivity contribution >= 4 is 23.6 Å². The first-order valence-corrected chi connectivity index (χ1v) is 8.48. The number of aromatic nitrogens is 1. The number of pyridine rings is 1. The zero-order valence-electron chi connectivity index (χ0n) is 13.4. The molecule has 2 amide bonds. The molecule has 1 aliphatic rings. The maximum Gasteiger partial charge on any atom is 0.261 e. The highest BCUT2D eigenvalue weighted by Gasteiger charge is 2.34. The lowest BCUT2D eigenvalue weighted by molar-refractivity contribution is 0.0664. The van der Waals surface area contributed by atoms with E-state index in [1.807, 2.05) is 19.9 Å². The van der Waals surface area contributed by atoms with Crippen LogP contribution < -0.4 is 0 Å². The molecule has 120 valence electrons. The lowest BCUT2D eigenvalue weighted by Gasteiger charge is -2.14. The van der Waals surface area contributed by atoms with Crippen LogP contribution in [-0.2, 0) is 0 Å². The summed E-state index contributed by atoms with van der Waals surface area (Å²) in [7, 11) is 0. The van der Waals surface area contributed by atoms with Crippen LogP contribution in [0.4, 0.5) is 0 Å². The predicted octanol–water partition coefficient (Wildman–Crippen LogP) is 2.96. The van der Waals surface area contributed by atoms with Gasteiger partial charge in [-0.2, -0.15) is 5.26 Å². The predicted molar refractivity (Wildman–Crippen MR) is 91.0 cm³/mol. The van der Waals surface area contributed by atoms with E-state index < -0.39 is 0 Å². The second-order valence-corrected chi connectivity index (χ2v) is 6.61. The molecule has 1 aromatic heterocycles. The smallest absolute Gasteiger partial charge is 0.261 e. The summed E-state index contributed by atoms with van der Waals surface area (Å²) in [6.07, 6.45) is 0. The number of amides is 2. The van der Waals surface area contributed by atoms with Crippen LogP contribution in [0.1, 0.15) is 37.5 Å². The monoisotopic (exact) mass is 337 g/mol. The van der Waals surface area contributed by atoms with Crippen molar-refractivity contribution in [2.24, 2.45) is 0 Å². The molecule has 1 aromatic carbocycles. The summed E-state index contributed by atoms with van der Waals surface area (Å²) in [6.45, 7) is 4.04. The summed E-state index contributed by atoms with van der Waals surface area (Å²) in [5, 5.41) is 9.93. The number of fused-ring (bicyclic) bond motifs is 1. The van der Waals surface area contributed by atoms with Gasteiger partial charge in [-0.25, -0.2) is 4.98 Å². The molecule has 2 aromatic rings. The Bertz CT molecular complexity index is 851. The number of imide groups is 1. The first-order valence-electron chi connectivity index (χ1n) is 7.49. The number of benzene rings is 1. The van der Waals surface area contributed by atoms with Crippen LogP contribution in [0.2, 0.25) is 0 Å². The van der Waals surface area contributed by atoms with Crippen molar-refractivity contribution in [3.8, 4) is 6.07 Å². The molecule has 5 nitrogen and oxygen atoms in total. The van der Waals surface area contributed by atoms with Gasteiger partial charge in [-0.1, -0.05) is 12.1 Å². The summed E-state index contributed by atoms with van der Waals surface area (Å²) in [4.78, 5) is 30.3. The maximum absolute atomic E-state index is 12.3. The number of hydrogen-bond acceptors (Lipinski definition) is 5. The Morgan fingerprint density at radius 2 is 1.79 bits per heavy atom. The van der Waals surface area contributed by atoms with Crippen LogP contribution in [-0.4, -0.2) is 34.0 Å². The highest BCUT2D eigenvalue weighted by Crippen LogP contribution is 2.26. The number of thioether (sulfide) groups is 1. The zero-order valence-corrected chi connectivity index (χ0v) is 14.2. The largest absolute Gasteiger partial charge is 0.273 e. The molecule has 0 unspecified atom stereocenters. The minimum atomic E-state index is -0.259. The van der Waals surface area contributed by atoms with E-state index in [1.165, 1.54) is 16.7 Å². The van der Waals surface area contributed by atoms with Crippen molar-refractivity contribution in [1.29, 1.82) is 5.26 Å². The number of nitrogens with zero attached hydrogens (tertiary/aromatic N) is 3. The van der Waals surface area contributed by atoms with Crippen LogP contribution >= 0.6 is 11.8 Å². The van der Waals surface area contributed by atoms with Crippen LogP contribution in [0.5, 0.6) is 0 Å². The van der Waals surface area contributed by atoms with E-state index in [9.17, 15) is 14.9 Å². The van der Waals surface area contributed by atoms with E-state index in [1.54, 1.807) is 24.3 Å². The van der Waals surface area contributed by atoms with Gasteiger partial charge in [-0.05, 0) is 37.6 Å². The molecule has 0 aliphatic carbocycles. The van der Waals surface area contributed by atoms with Gasteiger partial charge in [0.2, 0.25) is 0 Å². The van der Waals surface area contributed by atoms with Crippen molar-refractivity contribution in [2.75, 3.05) is 12.3 Å². The average Bonchev–Trinajstić information content (AvgIpc) is 2.80. The molecule has 3 rings (SSSR count). The average molecular weight is 337 g/mol. The van der Waals surface area contributed by atoms with E-state index in [-0.39, 0.29) is 18.4 Å². The van der Waals surface area contributed by atoms with E-state index in [0.717, 1.165) is 11.3 Å². The van der Waals surface area contributed by atoms with Gasteiger partial charge in [0.25, 0.3) is 11.8 Å². The fraction of sp³-hybridized carbons (Fsp3) is 0.222. The second kappa shape index (κ2) is 6.46. The number of rotatable bonds is 4. The van der Waals surface area contributed by atoms with Gasteiger partial charge in [-0.3, -0.25) is 14.5 Å². The number of hydrogen-bond donors (Lipinski definition) is 0. The summed E-state index contributed by atoms with van der Waals surface area (Å²) in [5.41, 5.74) is 3.18. The number of carbonyl (C=O) groups is 2. The summed E-state index contributed by atoms with van der Waals surface area (Å²) in [6, 6.07) is 10.9. The van der Waals surface area contributed by atoms with Gasteiger partial charge in [0.15, 0.2) is 0 Å². The number of carbonyl (C=O) groups excluding carboxylic acids is 2. The Morgan fingerprint density at radius 1 is 1.17 bits per heavy atom. The lowest BCUT2D eigenvalue weighted by atomic mass is 10.1. The molecular formula is C18H15N3O2S. The number of aryl methyl sites for hydroxylation is 2. The standard InChI is InChI=1S/C18H15N3O2S/c1-11-9-12(2)20-16(15(11)10-19)24-8-7-21-17(22)13-5-3-4-6-14(13)18(21)23/h3-6,9H,7-8H2,1-2H3. The lowest BCUT2D eigenvalue weighted by Crippen LogP contribution is -2.31.